The molecule has 0 bridgehead atoms. The van der Waals surface area contributed by atoms with Crippen LogP contribution in [-0.4, -0.2) is 30.3 Å². The number of rotatable bonds is 7. The van der Waals surface area contributed by atoms with Crippen molar-refractivity contribution in [2.24, 2.45) is 7.05 Å². The lowest BCUT2D eigenvalue weighted by Gasteiger charge is -2.08. The predicted octanol–water partition coefficient (Wildman–Crippen LogP) is 2.42. The predicted molar refractivity (Wildman–Crippen MR) is 86.0 cm³/mol. The fourth-order valence-electron chi connectivity index (χ4n) is 1.72. The number of nitrogens with one attached hydrogen (secondary N) is 1. The number of aryl methyl sites for hydroxylation is 1. The van der Waals surface area contributed by atoms with Gasteiger partial charge < -0.3 is 4.57 Å². The summed E-state index contributed by atoms with van der Waals surface area (Å²) in [5.41, 5.74) is 0.0913. The summed E-state index contributed by atoms with van der Waals surface area (Å²) < 4.78 is 41.8. The number of halogens is 2. The van der Waals surface area contributed by atoms with Crippen molar-refractivity contribution >= 4 is 33.4 Å². The van der Waals surface area contributed by atoms with Crippen LogP contribution in [0.25, 0.3) is 0 Å². The molecule has 1 aromatic carbocycles. The zero-order valence-corrected chi connectivity index (χ0v) is 14.2. The van der Waals surface area contributed by atoms with E-state index in [-0.39, 0.29) is 17.1 Å². The molecule has 0 spiro atoms. The molecule has 9 heteroatoms. The zero-order chi connectivity index (χ0) is 16.2. The fourth-order valence-corrected chi connectivity index (χ4v) is 3.96. The Hall–Kier alpha value is -1.09. The Morgan fingerprint density at radius 1 is 1.45 bits per heavy atom. The monoisotopic (exact) mass is 363 g/mol. The Morgan fingerprint density at radius 2 is 2.23 bits per heavy atom. The molecule has 22 heavy (non-hydrogen) atoms. The number of sulfonamides is 1. The van der Waals surface area contributed by atoms with E-state index in [1.807, 2.05) is 17.8 Å². The Balaban J connectivity index is 1.85. The first-order chi connectivity index (χ1) is 10.4. The van der Waals surface area contributed by atoms with Crippen LogP contribution in [-0.2, 0) is 22.8 Å². The third kappa shape index (κ3) is 4.98. The average Bonchev–Trinajstić information content (AvgIpc) is 2.84. The molecule has 0 aliphatic heterocycles. The van der Waals surface area contributed by atoms with Crippen molar-refractivity contribution in [1.29, 1.82) is 0 Å². The van der Waals surface area contributed by atoms with Gasteiger partial charge in [-0.15, -0.1) is 0 Å². The minimum atomic E-state index is -3.59. The van der Waals surface area contributed by atoms with E-state index in [9.17, 15) is 12.8 Å². The van der Waals surface area contributed by atoms with Gasteiger partial charge in [0.05, 0.1) is 5.75 Å². The van der Waals surface area contributed by atoms with Gasteiger partial charge in [0.1, 0.15) is 5.82 Å². The fraction of sp³-hybridized carbons (Fsp3) is 0.308. The second-order valence-corrected chi connectivity index (χ2v) is 7.86. The average molecular weight is 364 g/mol. The normalized spacial score (nSPS) is 11.8. The van der Waals surface area contributed by atoms with E-state index in [1.165, 1.54) is 23.9 Å². The van der Waals surface area contributed by atoms with Crippen LogP contribution in [0.2, 0.25) is 5.02 Å². The van der Waals surface area contributed by atoms with Crippen molar-refractivity contribution in [1.82, 2.24) is 14.3 Å². The largest absolute Gasteiger partial charge is 0.329 e. The van der Waals surface area contributed by atoms with Gasteiger partial charge in [0.2, 0.25) is 10.0 Å². The molecule has 0 saturated carbocycles. The quantitative estimate of drug-likeness (QED) is 0.606. The Morgan fingerprint density at radius 3 is 2.86 bits per heavy atom. The minimum Gasteiger partial charge on any atom is -0.329 e. The summed E-state index contributed by atoms with van der Waals surface area (Å²) in [6.07, 6.45) is 3.49. The van der Waals surface area contributed by atoms with Crippen molar-refractivity contribution in [2.45, 2.75) is 10.9 Å². The SMILES string of the molecule is Cn1ccnc1SCCNS(=O)(=O)Cc1ccc(Cl)cc1F. The molecule has 5 nitrogen and oxygen atoms in total. The van der Waals surface area contributed by atoms with E-state index in [4.69, 9.17) is 11.6 Å². The van der Waals surface area contributed by atoms with Crippen LogP contribution in [0.1, 0.15) is 5.56 Å². The zero-order valence-electron chi connectivity index (χ0n) is 11.8. The van der Waals surface area contributed by atoms with E-state index < -0.39 is 21.6 Å². The van der Waals surface area contributed by atoms with Crippen molar-refractivity contribution in [2.75, 3.05) is 12.3 Å². The second kappa shape index (κ2) is 7.45. The summed E-state index contributed by atoms with van der Waals surface area (Å²) in [5, 5.41) is 1.04. The smallest absolute Gasteiger partial charge is 0.215 e. The van der Waals surface area contributed by atoms with E-state index in [0.29, 0.717) is 5.75 Å². The molecule has 0 saturated heterocycles. The highest BCUT2D eigenvalue weighted by atomic mass is 35.5. The minimum absolute atomic E-state index is 0.0913. The van der Waals surface area contributed by atoms with Gasteiger partial charge in [-0.05, 0) is 12.1 Å². The van der Waals surface area contributed by atoms with Crippen LogP contribution < -0.4 is 4.72 Å². The molecule has 0 atom stereocenters. The van der Waals surface area contributed by atoms with Gasteiger partial charge in [0, 0.05) is 42.3 Å². The summed E-state index contributed by atoms with van der Waals surface area (Å²) in [4.78, 5) is 4.12. The highest BCUT2D eigenvalue weighted by Gasteiger charge is 2.14. The second-order valence-electron chi connectivity index (χ2n) is 4.56. The first-order valence-electron chi connectivity index (χ1n) is 6.39. The Kier molecular flexibility index (Phi) is 5.85. The van der Waals surface area contributed by atoms with Crippen molar-refractivity contribution in [3.8, 4) is 0 Å². The lowest BCUT2D eigenvalue weighted by molar-refractivity contribution is 0.577. The van der Waals surface area contributed by atoms with Crippen LogP contribution >= 0.6 is 23.4 Å². The van der Waals surface area contributed by atoms with Crippen LogP contribution in [0, 0.1) is 5.82 Å². The van der Waals surface area contributed by atoms with Crippen LogP contribution in [0.5, 0.6) is 0 Å². The molecule has 0 fully saturated rings. The summed E-state index contributed by atoms with van der Waals surface area (Å²) in [6.45, 7) is 0.245. The van der Waals surface area contributed by atoms with Gasteiger partial charge in [-0.25, -0.2) is 22.5 Å². The molecule has 1 N–H and O–H groups in total. The molecular formula is C13H15ClFN3O2S2. The van der Waals surface area contributed by atoms with E-state index >= 15 is 0 Å². The number of imidazole rings is 1. The molecule has 0 amide bonds. The molecule has 1 aromatic heterocycles. The summed E-state index contributed by atoms with van der Waals surface area (Å²) >= 11 is 7.08. The topological polar surface area (TPSA) is 64.0 Å². The molecular weight excluding hydrogens is 349 g/mol. The Labute approximate surface area is 137 Å². The number of benzene rings is 1. The number of hydrogen-bond donors (Lipinski definition) is 1. The Bertz CT molecular complexity index is 749. The maximum atomic E-state index is 13.6. The van der Waals surface area contributed by atoms with Crippen molar-refractivity contribution < 1.29 is 12.8 Å². The molecule has 0 unspecified atom stereocenters. The molecule has 0 aliphatic rings. The molecule has 2 aromatic rings. The van der Waals surface area contributed by atoms with Gasteiger partial charge in [-0.3, -0.25) is 0 Å². The van der Waals surface area contributed by atoms with Gasteiger partial charge in [-0.1, -0.05) is 29.4 Å². The van der Waals surface area contributed by atoms with E-state index in [2.05, 4.69) is 9.71 Å². The van der Waals surface area contributed by atoms with Crippen LogP contribution in [0.3, 0.4) is 0 Å². The number of thioether (sulfide) groups is 1. The third-order valence-corrected chi connectivity index (χ3v) is 5.42. The maximum absolute atomic E-state index is 13.6. The first-order valence-corrected chi connectivity index (χ1v) is 9.40. The number of hydrogen-bond acceptors (Lipinski definition) is 4. The molecule has 2 rings (SSSR count). The van der Waals surface area contributed by atoms with E-state index in [0.717, 1.165) is 11.2 Å². The number of nitrogens with zero attached hydrogens (tertiary/aromatic N) is 2. The van der Waals surface area contributed by atoms with Crippen LogP contribution in [0.4, 0.5) is 4.39 Å². The highest BCUT2D eigenvalue weighted by Crippen LogP contribution is 2.17. The van der Waals surface area contributed by atoms with Crippen molar-refractivity contribution in [3.63, 3.8) is 0 Å². The summed E-state index contributed by atoms with van der Waals surface area (Å²) in [6, 6.07) is 3.94. The van der Waals surface area contributed by atoms with Gasteiger partial charge in [0.15, 0.2) is 5.16 Å². The summed E-state index contributed by atoms with van der Waals surface area (Å²) in [7, 11) is -1.73. The molecule has 0 radical (unpaired) electrons. The van der Waals surface area contributed by atoms with Crippen molar-refractivity contribution in [3.05, 3.63) is 47.0 Å². The standard InChI is InChI=1S/C13H15ClFN3O2S2/c1-18-6-4-16-13(18)21-7-5-17-22(19,20)9-10-2-3-11(14)8-12(10)15/h2-4,6,8,17H,5,7,9H2,1H3. The van der Waals surface area contributed by atoms with Crippen LogP contribution in [0.15, 0.2) is 35.7 Å². The van der Waals surface area contributed by atoms with E-state index in [1.54, 1.807) is 6.20 Å². The first kappa shape index (κ1) is 17.3. The lowest BCUT2D eigenvalue weighted by Crippen LogP contribution is -2.27. The lowest BCUT2D eigenvalue weighted by atomic mass is 10.2. The maximum Gasteiger partial charge on any atom is 0.215 e. The molecule has 120 valence electrons. The van der Waals surface area contributed by atoms with Gasteiger partial charge >= 0.3 is 0 Å². The van der Waals surface area contributed by atoms with Gasteiger partial charge in [-0.2, -0.15) is 0 Å². The highest BCUT2D eigenvalue weighted by molar-refractivity contribution is 7.99. The molecule has 0 aliphatic carbocycles. The molecule has 1 heterocycles. The third-order valence-electron chi connectivity index (χ3n) is 2.79. The summed E-state index contributed by atoms with van der Waals surface area (Å²) in [5.74, 6) is -0.503. The number of aromatic nitrogens is 2. The van der Waals surface area contributed by atoms with Gasteiger partial charge in [0.25, 0.3) is 0 Å².